The molecule has 2 aromatic rings. The summed E-state index contributed by atoms with van der Waals surface area (Å²) in [6.07, 6.45) is 0.684. The summed E-state index contributed by atoms with van der Waals surface area (Å²) >= 11 is 5.80. The van der Waals surface area contributed by atoms with E-state index in [-0.39, 0.29) is 52.1 Å². The molecular formula is C19H21ClFNO5S2. The topological polar surface area (TPSA) is 81.7 Å². The van der Waals surface area contributed by atoms with Gasteiger partial charge in [-0.3, -0.25) is 4.79 Å². The minimum absolute atomic E-state index is 0. The molecule has 29 heavy (non-hydrogen) atoms. The van der Waals surface area contributed by atoms with Crippen LogP contribution < -0.4 is 10.1 Å². The van der Waals surface area contributed by atoms with E-state index in [9.17, 15) is 17.6 Å². The molecule has 0 spiro atoms. The lowest BCUT2D eigenvalue weighted by atomic mass is 10.1. The van der Waals surface area contributed by atoms with Crippen molar-refractivity contribution < 1.29 is 27.1 Å². The normalized spacial score (nSPS) is 16.2. The first kappa shape index (κ1) is 23.5. The van der Waals surface area contributed by atoms with Gasteiger partial charge >= 0.3 is 0 Å². The predicted molar refractivity (Wildman–Crippen MR) is 114 cm³/mol. The second kappa shape index (κ2) is 9.80. The average molecular weight is 462 g/mol. The number of nitrogens with one attached hydrogen (secondary N) is 1. The summed E-state index contributed by atoms with van der Waals surface area (Å²) in [6.45, 7) is 0.954. The minimum atomic E-state index is -3.61. The summed E-state index contributed by atoms with van der Waals surface area (Å²) < 4.78 is 49.3. The van der Waals surface area contributed by atoms with Gasteiger partial charge in [0.2, 0.25) is 0 Å². The Morgan fingerprint density at radius 3 is 2.69 bits per heavy atom. The smallest absolute Gasteiger partial charge is 0.259 e. The number of anilines is 1. The number of hydrogen-bond donors (Lipinski definition) is 1. The predicted octanol–water partition coefficient (Wildman–Crippen LogP) is 3.66. The number of carbonyl (C=O) groups excluding carboxylic acids is 1. The van der Waals surface area contributed by atoms with Crippen molar-refractivity contribution in [2.45, 2.75) is 11.3 Å². The van der Waals surface area contributed by atoms with Gasteiger partial charge in [0.25, 0.3) is 5.91 Å². The van der Waals surface area contributed by atoms with E-state index >= 15 is 0 Å². The Bertz CT molecular complexity index is 974. The highest BCUT2D eigenvalue weighted by atomic mass is 35.5. The molecule has 10 heteroatoms. The minimum Gasteiger partial charge on any atom is -0.496 e. The van der Waals surface area contributed by atoms with Gasteiger partial charge in [0.05, 0.1) is 29.9 Å². The SMILES string of the molecule is COc1ccc(S(=O)(=O)C[C@H]2CCOC2)cc1C(=O)Nc1cc(F)cc(Cl)c1.S. The second-order valence-electron chi connectivity index (χ2n) is 6.49. The van der Waals surface area contributed by atoms with Crippen molar-refractivity contribution in [2.75, 3.05) is 31.4 Å². The zero-order valence-electron chi connectivity index (χ0n) is 15.6. The van der Waals surface area contributed by atoms with E-state index in [4.69, 9.17) is 21.1 Å². The quantitative estimate of drug-likeness (QED) is 0.709. The molecule has 158 valence electrons. The van der Waals surface area contributed by atoms with Crippen LogP contribution in [0.5, 0.6) is 5.75 Å². The van der Waals surface area contributed by atoms with Gasteiger partial charge in [-0.1, -0.05) is 11.6 Å². The Morgan fingerprint density at radius 1 is 1.31 bits per heavy atom. The summed E-state index contributed by atoms with van der Waals surface area (Å²) in [6, 6.07) is 7.69. The second-order valence-corrected chi connectivity index (χ2v) is 8.96. The number of ether oxygens (including phenoxy) is 2. The Hall–Kier alpha value is -1.81. The Morgan fingerprint density at radius 2 is 2.07 bits per heavy atom. The number of methoxy groups -OCH3 is 1. The zero-order chi connectivity index (χ0) is 20.3. The highest BCUT2D eigenvalue weighted by Gasteiger charge is 2.26. The number of carbonyl (C=O) groups is 1. The van der Waals surface area contributed by atoms with Crippen molar-refractivity contribution in [1.29, 1.82) is 0 Å². The van der Waals surface area contributed by atoms with Gasteiger partial charge in [-0.15, -0.1) is 0 Å². The Balaban J connectivity index is 0.00000300. The van der Waals surface area contributed by atoms with E-state index in [1.165, 1.54) is 31.4 Å². The number of benzene rings is 2. The average Bonchev–Trinajstić information content (AvgIpc) is 3.12. The maximum absolute atomic E-state index is 13.5. The molecule has 0 unspecified atom stereocenters. The fourth-order valence-corrected chi connectivity index (χ4v) is 4.87. The van der Waals surface area contributed by atoms with Crippen LogP contribution >= 0.6 is 25.1 Å². The van der Waals surface area contributed by atoms with Crippen LogP contribution in [0.1, 0.15) is 16.8 Å². The number of sulfone groups is 1. The molecule has 1 N–H and O–H groups in total. The molecular weight excluding hydrogens is 441 g/mol. The lowest BCUT2D eigenvalue weighted by Gasteiger charge is -2.13. The van der Waals surface area contributed by atoms with Crippen molar-refractivity contribution in [3.8, 4) is 5.75 Å². The maximum Gasteiger partial charge on any atom is 0.259 e. The molecule has 3 rings (SSSR count). The molecule has 1 fully saturated rings. The van der Waals surface area contributed by atoms with Crippen LogP contribution in [0.15, 0.2) is 41.3 Å². The molecule has 0 saturated carbocycles. The van der Waals surface area contributed by atoms with Crippen molar-refractivity contribution >= 4 is 46.5 Å². The summed E-state index contributed by atoms with van der Waals surface area (Å²) in [5.74, 6) is -1.17. The molecule has 0 aliphatic carbocycles. The number of rotatable bonds is 6. The first-order chi connectivity index (χ1) is 13.3. The highest BCUT2D eigenvalue weighted by Crippen LogP contribution is 2.27. The number of hydrogen-bond acceptors (Lipinski definition) is 5. The Kier molecular flexibility index (Phi) is 7.93. The van der Waals surface area contributed by atoms with Gasteiger partial charge in [0.1, 0.15) is 11.6 Å². The van der Waals surface area contributed by atoms with Crippen LogP contribution in [0.25, 0.3) is 0 Å². The fourth-order valence-electron chi connectivity index (χ4n) is 3.00. The van der Waals surface area contributed by atoms with Gasteiger partial charge in [0, 0.05) is 17.3 Å². The van der Waals surface area contributed by atoms with E-state index in [2.05, 4.69) is 5.32 Å². The van der Waals surface area contributed by atoms with Gasteiger partial charge in [-0.05, 0) is 48.7 Å². The van der Waals surface area contributed by atoms with Crippen molar-refractivity contribution in [3.63, 3.8) is 0 Å². The first-order valence-corrected chi connectivity index (χ1v) is 10.6. The fraction of sp³-hybridized carbons (Fsp3) is 0.316. The van der Waals surface area contributed by atoms with Crippen LogP contribution in [0.4, 0.5) is 10.1 Å². The highest BCUT2D eigenvalue weighted by molar-refractivity contribution is 7.91. The molecule has 6 nitrogen and oxygen atoms in total. The van der Waals surface area contributed by atoms with E-state index in [0.29, 0.717) is 19.6 Å². The molecule has 0 aromatic heterocycles. The molecule has 1 heterocycles. The summed E-state index contributed by atoms with van der Waals surface area (Å²) in [7, 11) is -2.24. The van der Waals surface area contributed by atoms with Crippen LogP contribution in [0, 0.1) is 11.7 Å². The molecule has 2 aromatic carbocycles. The van der Waals surface area contributed by atoms with Gasteiger partial charge in [-0.2, -0.15) is 13.5 Å². The van der Waals surface area contributed by atoms with Crippen LogP contribution in [-0.2, 0) is 14.6 Å². The van der Waals surface area contributed by atoms with E-state index < -0.39 is 21.6 Å². The molecule has 0 radical (unpaired) electrons. The van der Waals surface area contributed by atoms with E-state index in [1.807, 2.05) is 0 Å². The largest absolute Gasteiger partial charge is 0.496 e. The molecule has 1 saturated heterocycles. The van der Waals surface area contributed by atoms with Crippen LogP contribution in [-0.4, -0.2) is 40.4 Å². The summed E-state index contributed by atoms with van der Waals surface area (Å²) in [4.78, 5) is 12.7. The third kappa shape index (κ3) is 5.85. The monoisotopic (exact) mass is 461 g/mol. The number of amides is 1. The number of halogens is 2. The van der Waals surface area contributed by atoms with Crippen molar-refractivity contribution in [2.24, 2.45) is 5.92 Å². The molecule has 1 aliphatic rings. The summed E-state index contributed by atoms with van der Waals surface area (Å²) in [5.41, 5.74) is 0.167. The lowest BCUT2D eigenvalue weighted by molar-refractivity contribution is 0.102. The molecule has 1 aliphatic heterocycles. The van der Waals surface area contributed by atoms with Gasteiger partial charge < -0.3 is 14.8 Å². The van der Waals surface area contributed by atoms with Gasteiger partial charge in [-0.25, -0.2) is 12.8 Å². The zero-order valence-corrected chi connectivity index (χ0v) is 18.1. The first-order valence-electron chi connectivity index (χ1n) is 8.54. The molecule has 1 amide bonds. The van der Waals surface area contributed by atoms with Crippen molar-refractivity contribution in [3.05, 3.63) is 52.8 Å². The standard InChI is InChI=1S/C19H19ClFNO5S.H2S/c1-26-18-3-2-16(28(24,25)11-12-4-5-27-10-12)9-17(18)19(23)22-15-7-13(20)6-14(21)8-15;/h2-3,6-9,12H,4-5,10-11H2,1H3,(H,22,23);1H2/t12-;/m0./s1. The van der Waals surface area contributed by atoms with Crippen LogP contribution in [0.3, 0.4) is 0 Å². The molecule has 0 bridgehead atoms. The maximum atomic E-state index is 13.5. The van der Waals surface area contributed by atoms with Gasteiger partial charge in [0.15, 0.2) is 9.84 Å². The van der Waals surface area contributed by atoms with Crippen molar-refractivity contribution in [1.82, 2.24) is 0 Å². The van der Waals surface area contributed by atoms with E-state index in [0.717, 1.165) is 12.1 Å². The van der Waals surface area contributed by atoms with E-state index in [1.54, 1.807) is 0 Å². The summed E-state index contributed by atoms with van der Waals surface area (Å²) in [5, 5.41) is 2.63. The van der Waals surface area contributed by atoms with Crippen LogP contribution in [0.2, 0.25) is 5.02 Å². The lowest BCUT2D eigenvalue weighted by Crippen LogP contribution is -2.18. The third-order valence-corrected chi connectivity index (χ3v) is 6.47. The molecule has 1 atom stereocenters. The Labute approximate surface area is 180 Å². The third-order valence-electron chi connectivity index (χ3n) is 4.37.